The molecule has 2 saturated carbocycles. The number of fused-ring (bicyclic) bond motifs is 2. The van der Waals surface area contributed by atoms with Gasteiger partial charge in [-0.1, -0.05) is 0 Å². The molecule has 8 unspecified atom stereocenters. The summed E-state index contributed by atoms with van der Waals surface area (Å²) in [5.74, 6) is 1.05. The smallest absolute Gasteiger partial charge is 0.308 e. The molecule has 0 spiro atoms. The summed E-state index contributed by atoms with van der Waals surface area (Å²) in [5, 5.41) is 24.0. The number of nitrogens with zero attached hydrogens (tertiary/aromatic N) is 3. The molecular formula is C32H49ClN4O5S. The summed E-state index contributed by atoms with van der Waals surface area (Å²) in [6.45, 7) is 6.87. The Morgan fingerprint density at radius 2 is 2.00 bits per heavy atom. The molecule has 2 aliphatic heterocycles. The number of halogens is 1. The van der Waals surface area contributed by atoms with E-state index in [2.05, 4.69) is 24.2 Å². The lowest BCUT2D eigenvalue weighted by atomic mass is 9.70. The number of hydrogen-bond acceptors (Lipinski definition) is 8. The second kappa shape index (κ2) is 12.6. The van der Waals surface area contributed by atoms with Crippen molar-refractivity contribution in [3.05, 3.63) is 27.4 Å². The number of carboxylic acid groups (broad SMARTS) is 1. The summed E-state index contributed by atoms with van der Waals surface area (Å²) in [6.07, 6.45) is 7.78. The van der Waals surface area contributed by atoms with Gasteiger partial charge in [0.2, 0.25) is 0 Å². The maximum Gasteiger partial charge on any atom is 0.308 e. The molecule has 3 aliphatic carbocycles. The third-order valence-corrected chi connectivity index (χ3v) is 13.2. The van der Waals surface area contributed by atoms with E-state index in [0.29, 0.717) is 43.2 Å². The molecule has 2 saturated heterocycles. The second-order valence-corrected chi connectivity index (χ2v) is 16.2. The Morgan fingerprint density at radius 3 is 2.72 bits per heavy atom. The summed E-state index contributed by atoms with van der Waals surface area (Å²) < 4.78 is 8.41. The number of ether oxygens (including phenoxy) is 1. The summed E-state index contributed by atoms with van der Waals surface area (Å²) in [4.78, 5) is 33.0. The largest absolute Gasteiger partial charge is 0.481 e. The molecular weight excluding hydrogens is 588 g/mol. The van der Waals surface area contributed by atoms with Gasteiger partial charge in [0.25, 0.3) is 5.56 Å². The Hall–Kier alpha value is -1.17. The Kier molecular flexibility index (Phi) is 9.28. The van der Waals surface area contributed by atoms with Crippen LogP contribution >= 0.6 is 23.4 Å². The number of piperidine rings is 1. The molecule has 6 rings (SSSR count). The zero-order chi connectivity index (χ0) is 30.6. The predicted octanol–water partition coefficient (Wildman–Crippen LogP) is 3.23. The van der Waals surface area contributed by atoms with Gasteiger partial charge in [0.05, 0.1) is 36.5 Å². The predicted molar refractivity (Wildman–Crippen MR) is 169 cm³/mol. The van der Waals surface area contributed by atoms with Crippen LogP contribution < -0.4 is 10.9 Å². The number of aromatic nitrogens is 2. The molecule has 3 heterocycles. The van der Waals surface area contributed by atoms with Crippen LogP contribution in [0.2, 0.25) is 0 Å². The quantitative estimate of drug-likeness (QED) is 0.370. The lowest BCUT2D eigenvalue weighted by Gasteiger charge is -2.48. The van der Waals surface area contributed by atoms with Crippen LogP contribution in [0.3, 0.4) is 0 Å². The topological polar surface area (TPSA) is 117 Å². The fraction of sp³-hybridized carbons (Fsp3) is 0.844. The van der Waals surface area contributed by atoms with Gasteiger partial charge in [-0.3, -0.25) is 19.1 Å². The molecule has 43 heavy (non-hydrogen) atoms. The lowest BCUT2D eigenvalue weighted by Crippen LogP contribution is -2.57. The van der Waals surface area contributed by atoms with Gasteiger partial charge in [-0.25, -0.2) is 4.98 Å². The highest BCUT2D eigenvalue weighted by molar-refractivity contribution is 8.00. The van der Waals surface area contributed by atoms with E-state index in [1.54, 1.807) is 4.57 Å². The van der Waals surface area contributed by atoms with Crippen LogP contribution in [0.4, 0.5) is 0 Å². The minimum absolute atomic E-state index is 0.00371. The average Bonchev–Trinajstić information content (AvgIpc) is 3.37. The molecule has 1 aromatic rings. The molecule has 0 amide bonds. The molecule has 1 aromatic heterocycles. The van der Waals surface area contributed by atoms with E-state index in [1.165, 1.54) is 0 Å². The average molecular weight is 637 g/mol. The number of carboxylic acids is 1. The standard InChI is InChI=1S/C32H49ClN4O5S/c1-17-11-23(29-28(34-17)25(16-43-29)31(39)40)22-7-5-19(33)12-27(22)42-10-9-37-18(2)35-26-8-6-20(13-24(26)30(37)38)36(4)21-14-32(3,41)15-21/h17,19-23,25,27-29,34,41H,5-16H2,1-4H3,(H,39,40)/t17?,19?,20-,21?,22?,23?,25?,27?,28?,29?,32?/m0/s1. The molecule has 3 N–H and O–H groups in total. The monoisotopic (exact) mass is 636 g/mol. The molecule has 4 fully saturated rings. The van der Waals surface area contributed by atoms with E-state index in [9.17, 15) is 19.8 Å². The third-order valence-electron chi connectivity index (χ3n) is 11.3. The van der Waals surface area contributed by atoms with Gasteiger partial charge in [0, 0.05) is 46.1 Å². The van der Waals surface area contributed by atoms with Crippen LogP contribution in [-0.4, -0.2) is 96.5 Å². The highest BCUT2D eigenvalue weighted by Crippen LogP contribution is 2.48. The first-order chi connectivity index (χ1) is 20.4. The Morgan fingerprint density at radius 1 is 1.23 bits per heavy atom. The highest BCUT2D eigenvalue weighted by atomic mass is 35.5. The molecule has 11 heteroatoms. The molecule has 240 valence electrons. The van der Waals surface area contributed by atoms with E-state index in [4.69, 9.17) is 21.3 Å². The van der Waals surface area contributed by atoms with E-state index in [1.807, 2.05) is 25.6 Å². The van der Waals surface area contributed by atoms with Crippen LogP contribution in [0, 0.1) is 24.7 Å². The first kappa shape index (κ1) is 31.8. The number of nitrogens with one attached hydrogen (secondary N) is 1. The third kappa shape index (κ3) is 6.43. The second-order valence-electron chi connectivity index (χ2n) is 14.4. The number of likely N-dealkylation sites (N-methyl/N-ethyl adjacent to an activating group) is 1. The van der Waals surface area contributed by atoms with Crippen molar-refractivity contribution in [1.29, 1.82) is 0 Å². The molecule has 5 aliphatic rings. The zero-order valence-electron chi connectivity index (χ0n) is 26.0. The van der Waals surface area contributed by atoms with Crippen molar-refractivity contribution in [2.24, 2.45) is 17.8 Å². The van der Waals surface area contributed by atoms with E-state index >= 15 is 0 Å². The Bertz CT molecular complexity index is 1250. The maximum atomic E-state index is 13.8. The zero-order valence-corrected chi connectivity index (χ0v) is 27.6. The van der Waals surface area contributed by atoms with Gasteiger partial charge in [-0.15, -0.1) is 11.6 Å². The van der Waals surface area contributed by atoms with Crippen LogP contribution in [0.5, 0.6) is 0 Å². The normalized spacial score (nSPS) is 41.0. The van der Waals surface area contributed by atoms with Gasteiger partial charge in [0.15, 0.2) is 0 Å². The number of hydrogen-bond donors (Lipinski definition) is 3. The summed E-state index contributed by atoms with van der Waals surface area (Å²) in [6, 6.07) is 0.906. The number of aliphatic carboxylic acids is 1. The number of rotatable bonds is 8. The Labute approximate surface area is 264 Å². The number of carbonyl (C=O) groups is 1. The van der Waals surface area contributed by atoms with E-state index < -0.39 is 11.6 Å². The minimum atomic E-state index is -0.703. The van der Waals surface area contributed by atoms with Crippen LogP contribution in [0.25, 0.3) is 0 Å². The van der Waals surface area contributed by atoms with Crippen LogP contribution in [0.1, 0.15) is 75.9 Å². The van der Waals surface area contributed by atoms with Crippen molar-refractivity contribution >= 4 is 29.3 Å². The van der Waals surface area contributed by atoms with Crippen LogP contribution in [-0.2, 0) is 28.9 Å². The number of alkyl halides is 1. The molecule has 9 atom stereocenters. The van der Waals surface area contributed by atoms with Crippen molar-refractivity contribution in [3.63, 3.8) is 0 Å². The summed E-state index contributed by atoms with van der Waals surface area (Å²) >= 11 is 8.49. The lowest BCUT2D eigenvalue weighted by molar-refractivity contribution is -0.142. The molecule has 0 aromatic carbocycles. The van der Waals surface area contributed by atoms with Gasteiger partial charge < -0.3 is 20.3 Å². The first-order valence-corrected chi connectivity index (χ1v) is 17.8. The molecule has 0 radical (unpaired) electrons. The van der Waals surface area contributed by atoms with Gasteiger partial charge in [-0.2, -0.15) is 11.8 Å². The fourth-order valence-electron chi connectivity index (χ4n) is 8.88. The van der Waals surface area contributed by atoms with Gasteiger partial charge in [0.1, 0.15) is 5.82 Å². The van der Waals surface area contributed by atoms with Crippen molar-refractivity contribution in [3.8, 4) is 0 Å². The van der Waals surface area contributed by atoms with Crippen molar-refractivity contribution in [2.75, 3.05) is 19.4 Å². The van der Waals surface area contributed by atoms with E-state index in [-0.39, 0.29) is 46.3 Å². The van der Waals surface area contributed by atoms with Crippen LogP contribution in [0.15, 0.2) is 4.79 Å². The van der Waals surface area contributed by atoms with Crippen molar-refractivity contribution < 1.29 is 19.7 Å². The fourth-order valence-corrected chi connectivity index (χ4v) is 11.0. The van der Waals surface area contributed by atoms with Crippen molar-refractivity contribution in [1.82, 2.24) is 19.8 Å². The summed E-state index contributed by atoms with van der Waals surface area (Å²) in [5.41, 5.74) is 1.25. The number of aryl methyl sites for hydroxylation is 2. The Balaban J connectivity index is 1.13. The highest BCUT2D eigenvalue weighted by Gasteiger charge is 2.51. The number of aliphatic hydroxyl groups is 1. The first-order valence-electron chi connectivity index (χ1n) is 16.3. The summed E-state index contributed by atoms with van der Waals surface area (Å²) in [7, 11) is 2.13. The van der Waals surface area contributed by atoms with Crippen molar-refractivity contribution in [2.45, 2.75) is 132 Å². The maximum absolute atomic E-state index is 13.8. The van der Waals surface area contributed by atoms with E-state index in [0.717, 1.165) is 68.4 Å². The minimum Gasteiger partial charge on any atom is -0.481 e. The van der Waals surface area contributed by atoms with Gasteiger partial charge in [-0.05, 0) is 97.4 Å². The SMILES string of the molecule is Cc1nc2c(c(=O)n1CCOC1CC(Cl)CCC1C1CC(C)NC3C(C(=O)O)CSC13)C[C@@H](N(C)C1CC(C)(O)C1)CC2. The molecule has 9 nitrogen and oxygen atoms in total. The van der Waals surface area contributed by atoms with Gasteiger partial charge >= 0.3 is 5.97 Å². The number of thioether (sulfide) groups is 1. The molecule has 0 bridgehead atoms.